The third kappa shape index (κ3) is 3.74. The molecule has 2 aromatic rings. The molecule has 1 amide bonds. The quantitative estimate of drug-likeness (QED) is 0.749. The first-order valence-electron chi connectivity index (χ1n) is 10.3. The van der Waals surface area contributed by atoms with Crippen LogP contribution in [-0.4, -0.2) is 53.2 Å². The van der Waals surface area contributed by atoms with Gasteiger partial charge in [-0.15, -0.1) is 0 Å². The molecule has 0 N–H and O–H groups in total. The van der Waals surface area contributed by atoms with Gasteiger partial charge in [0, 0.05) is 36.3 Å². The predicted octanol–water partition coefficient (Wildman–Crippen LogP) is 4.26. The fourth-order valence-corrected chi connectivity index (χ4v) is 4.40. The van der Waals surface area contributed by atoms with Gasteiger partial charge in [-0.25, -0.2) is 0 Å². The van der Waals surface area contributed by atoms with E-state index in [1.165, 1.54) is 25.8 Å². The Hall–Kier alpha value is -2.46. The summed E-state index contributed by atoms with van der Waals surface area (Å²) < 4.78 is 0. The van der Waals surface area contributed by atoms with Gasteiger partial charge >= 0.3 is 0 Å². The van der Waals surface area contributed by atoms with E-state index < -0.39 is 0 Å². The first-order chi connectivity index (χ1) is 13.5. The number of amides is 1. The summed E-state index contributed by atoms with van der Waals surface area (Å²) in [7, 11) is 0. The minimum atomic E-state index is 0.0593. The number of nitrogens with zero attached hydrogens (tertiary/aromatic N) is 2. The second-order valence-electron chi connectivity index (χ2n) is 8.16. The zero-order valence-corrected chi connectivity index (χ0v) is 16.7. The molecule has 2 heterocycles. The van der Waals surface area contributed by atoms with Crippen molar-refractivity contribution in [2.75, 3.05) is 19.6 Å². The highest BCUT2D eigenvalue weighted by molar-refractivity contribution is 5.96. The van der Waals surface area contributed by atoms with Crippen molar-refractivity contribution in [3.8, 4) is 11.1 Å². The largest absolute Gasteiger partial charge is 0.335 e. The third-order valence-corrected chi connectivity index (χ3v) is 6.21. The lowest BCUT2D eigenvalue weighted by Crippen LogP contribution is -2.63. The van der Waals surface area contributed by atoms with Crippen LogP contribution in [0.3, 0.4) is 0 Å². The number of ketones is 1. The van der Waals surface area contributed by atoms with Crippen LogP contribution in [0.5, 0.6) is 0 Å². The molecule has 0 bridgehead atoms. The lowest BCUT2D eigenvalue weighted by molar-refractivity contribution is 0.00213. The topological polar surface area (TPSA) is 40.6 Å². The first kappa shape index (κ1) is 18.9. The normalized spacial score (nSPS) is 20.6. The summed E-state index contributed by atoms with van der Waals surface area (Å²) in [5.41, 5.74) is 3.45. The fraction of sp³-hybridized carbons (Fsp3) is 0.417. The smallest absolute Gasteiger partial charge is 0.253 e. The SMILES string of the molecule is CC(=O)c1cccc(-c2ccc(C(=O)N3CC(N4CCCC[C@H]4C)C3)cc2)c1. The first-order valence-corrected chi connectivity index (χ1v) is 10.3. The van der Waals surface area contributed by atoms with Gasteiger partial charge in [0.05, 0.1) is 0 Å². The Kier molecular flexibility index (Phi) is 5.31. The van der Waals surface area contributed by atoms with Gasteiger partial charge in [-0.3, -0.25) is 14.5 Å². The molecular weight excluding hydrogens is 348 g/mol. The number of hydrogen-bond donors (Lipinski definition) is 0. The highest BCUT2D eigenvalue weighted by Crippen LogP contribution is 2.26. The molecule has 4 rings (SSSR count). The van der Waals surface area contributed by atoms with Crippen LogP contribution in [0.4, 0.5) is 0 Å². The minimum absolute atomic E-state index is 0.0593. The maximum absolute atomic E-state index is 12.8. The molecule has 0 saturated carbocycles. The zero-order chi connectivity index (χ0) is 19.7. The number of piperidine rings is 1. The summed E-state index contributed by atoms with van der Waals surface area (Å²) in [6, 6.07) is 16.5. The minimum Gasteiger partial charge on any atom is -0.335 e. The van der Waals surface area contributed by atoms with Gasteiger partial charge in [-0.2, -0.15) is 0 Å². The molecule has 4 nitrogen and oxygen atoms in total. The van der Waals surface area contributed by atoms with E-state index in [0.29, 0.717) is 17.6 Å². The molecule has 0 unspecified atom stereocenters. The van der Waals surface area contributed by atoms with E-state index in [-0.39, 0.29) is 11.7 Å². The highest BCUT2D eigenvalue weighted by atomic mass is 16.2. The maximum Gasteiger partial charge on any atom is 0.253 e. The number of carbonyl (C=O) groups is 2. The van der Waals surface area contributed by atoms with E-state index in [9.17, 15) is 9.59 Å². The van der Waals surface area contributed by atoms with Gasteiger partial charge in [-0.05, 0) is 62.6 Å². The Morgan fingerprint density at radius 1 is 0.929 bits per heavy atom. The Bertz CT molecular complexity index is 868. The van der Waals surface area contributed by atoms with Crippen LogP contribution in [0.1, 0.15) is 53.8 Å². The molecule has 0 aromatic heterocycles. The van der Waals surface area contributed by atoms with Crippen LogP contribution in [0, 0.1) is 0 Å². The number of hydrogen-bond acceptors (Lipinski definition) is 3. The Balaban J connectivity index is 1.40. The zero-order valence-electron chi connectivity index (χ0n) is 16.7. The number of carbonyl (C=O) groups excluding carboxylic acids is 2. The van der Waals surface area contributed by atoms with Gasteiger partial charge < -0.3 is 4.90 Å². The fourth-order valence-electron chi connectivity index (χ4n) is 4.40. The second kappa shape index (κ2) is 7.88. The summed E-state index contributed by atoms with van der Waals surface area (Å²) in [6.45, 7) is 6.73. The molecule has 146 valence electrons. The summed E-state index contributed by atoms with van der Waals surface area (Å²) in [5, 5.41) is 0. The molecule has 2 aliphatic rings. The molecule has 2 fully saturated rings. The molecular formula is C24H28N2O2. The van der Waals surface area contributed by atoms with E-state index in [2.05, 4.69) is 11.8 Å². The lowest BCUT2D eigenvalue weighted by atomic mass is 9.96. The van der Waals surface area contributed by atoms with Crippen LogP contribution >= 0.6 is 0 Å². The number of likely N-dealkylation sites (tertiary alicyclic amines) is 2. The molecule has 2 aliphatic heterocycles. The monoisotopic (exact) mass is 376 g/mol. The van der Waals surface area contributed by atoms with E-state index in [4.69, 9.17) is 0 Å². The lowest BCUT2D eigenvalue weighted by Gasteiger charge is -2.49. The van der Waals surface area contributed by atoms with Gasteiger partial charge in [0.25, 0.3) is 5.91 Å². The second-order valence-corrected chi connectivity index (χ2v) is 8.16. The number of benzene rings is 2. The van der Waals surface area contributed by atoms with Gasteiger partial charge in [0.1, 0.15) is 0 Å². The van der Waals surface area contributed by atoms with Crippen molar-refractivity contribution >= 4 is 11.7 Å². The van der Waals surface area contributed by atoms with Crippen LogP contribution < -0.4 is 0 Å². The van der Waals surface area contributed by atoms with Gasteiger partial charge in [0.2, 0.25) is 0 Å². The Morgan fingerprint density at radius 2 is 1.68 bits per heavy atom. The van der Waals surface area contributed by atoms with Crippen molar-refractivity contribution in [1.29, 1.82) is 0 Å². The van der Waals surface area contributed by atoms with Crippen LogP contribution in [0.25, 0.3) is 11.1 Å². The van der Waals surface area contributed by atoms with Crippen molar-refractivity contribution in [3.05, 3.63) is 59.7 Å². The van der Waals surface area contributed by atoms with E-state index in [0.717, 1.165) is 29.8 Å². The van der Waals surface area contributed by atoms with E-state index in [1.807, 2.05) is 53.4 Å². The van der Waals surface area contributed by atoms with Crippen molar-refractivity contribution in [2.24, 2.45) is 0 Å². The molecule has 28 heavy (non-hydrogen) atoms. The molecule has 0 aliphatic carbocycles. The van der Waals surface area contributed by atoms with E-state index in [1.54, 1.807) is 6.92 Å². The van der Waals surface area contributed by atoms with Crippen molar-refractivity contribution in [2.45, 2.75) is 45.2 Å². The number of rotatable bonds is 4. The van der Waals surface area contributed by atoms with Crippen molar-refractivity contribution in [3.63, 3.8) is 0 Å². The van der Waals surface area contributed by atoms with Crippen molar-refractivity contribution < 1.29 is 9.59 Å². The highest BCUT2D eigenvalue weighted by Gasteiger charge is 2.37. The average molecular weight is 377 g/mol. The summed E-state index contributed by atoms with van der Waals surface area (Å²) in [6.07, 6.45) is 3.88. The molecule has 2 aromatic carbocycles. The standard InChI is InChI=1S/C24H28N2O2/c1-17-6-3-4-13-26(17)23-15-25(16-23)24(28)20-11-9-19(10-12-20)22-8-5-7-21(14-22)18(2)27/h5,7-12,14,17,23H,3-4,6,13,15-16H2,1-2H3/t17-/m1/s1. The van der Waals surface area contributed by atoms with Crippen LogP contribution in [-0.2, 0) is 0 Å². The molecule has 2 saturated heterocycles. The van der Waals surface area contributed by atoms with E-state index >= 15 is 0 Å². The van der Waals surface area contributed by atoms with Crippen molar-refractivity contribution in [1.82, 2.24) is 9.80 Å². The van der Waals surface area contributed by atoms with Gasteiger partial charge in [-0.1, -0.05) is 36.8 Å². The summed E-state index contributed by atoms with van der Waals surface area (Å²) in [5.74, 6) is 0.175. The Labute approximate surface area is 167 Å². The molecule has 0 radical (unpaired) electrons. The summed E-state index contributed by atoms with van der Waals surface area (Å²) in [4.78, 5) is 28.9. The predicted molar refractivity (Wildman–Crippen MR) is 112 cm³/mol. The summed E-state index contributed by atoms with van der Waals surface area (Å²) >= 11 is 0. The van der Waals surface area contributed by atoms with Gasteiger partial charge in [0.15, 0.2) is 5.78 Å². The molecule has 4 heteroatoms. The average Bonchev–Trinajstić information content (AvgIpc) is 2.68. The van der Waals surface area contributed by atoms with Crippen LogP contribution in [0.15, 0.2) is 48.5 Å². The molecule has 1 atom stereocenters. The number of Topliss-reactive ketones (excluding diaryl/α,β-unsaturated/α-hetero) is 1. The maximum atomic E-state index is 12.8. The third-order valence-electron chi connectivity index (χ3n) is 6.21. The Morgan fingerprint density at radius 3 is 2.36 bits per heavy atom. The molecule has 0 spiro atoms. The van der Waals surface area contributed by atoms with Crippen LogP contribution in [0.2, 0.25) is 0 Å².